The van der Waals surface area contributed by atoms with Crippen molar-refractivity contribution in [3.8, 4) is 11.5 Å². The molecule has 1 unspecified atom stereocenters. The van der Waals surface area contributed by atoms with E-state index in [0.29, 0.717) is 6.42 Å². The van der Waals surface area contributed by atoms with Gasteiger partial charge in [0.2, 0.25) is 0 Å². The highest BCUT2D eigenvalue weighted by Gasteiger charge is 2.06. The van der Waals surface area contributed by atoms with E-state index in [1.54, 1.807) is 0 Å². The van der Waals surface area contributed by atoms with E-state index in [1.165, 1.54) is 0 Å². The van der Waals surface area contributed by atoms with Gasteiger partial charge in [0, 0.05) is 4.47 Å². The Hall–Kier alpha value is -1.32. The molecule has 0 fully saturated rings. The van der Waals surface area contributed by atoms with E-state index in [2.05, 4.69) is 15.9 Å². The lowest BCUT2D eigenvalue weighted by atomic mass is 10.1. The second-order valence-electron chi connectivity index (χ2n) is 4.97. The number of aliphatic hydroxyl groups is 1. The molecule has 3 heteroatoms. The number of rotatable bonds is 4. The summed E-state index contributed by atoms with van der Waals surface area (Å²) in [5.41, 5.74) is 3.22. The molecule has 0 aromatic heterocycles. The zero-order valence-electron chi connectivity index (χ0n) is 12.0. The Kier molecular flexibility index (Phi) is 4.84. The third-order valence-electron chi connectivity index (χ3n) is 3.30. The van der Waals surface area contributed by atoms with Crippen molar-refractivity contribution in [3.63, 3.8) is 0 Å². The fraction of sp³-hybridized carbons (Fsp3) is 0.294. The van der Waals surface area contributed by atoms with Crippen molar-refractivity contribution in [2.24, 2.45) is 0 Å². The highest BCUT2D eigenvalue weighted by molar-refractivity contribution is 9.10. The normalized spacial score (nSPS) is 12.2. The molecular formula is C17H19BrO2. The lowest BCUT2D eigenvalue weighted by Gasteiger charge is -2.12. The van der Waals surface area contributed by atoms with Crippen LogP contribution in [0, 0.1) is 13.8 Å². The third kappa shape index (κ3) is 3.41. The molecule has 2 nitrogen and oxygen atoms in total. The fourth-order valence-electron chi connectivity index (χ4n) is 2.09. The van der Waals surface area contributed by atoms with Crippen molar-refractivity contribution < 1.29 is 9.84 Å². The number of aryl methyl sites for hydroxylation is 2. The molecule has 2 rings (SSSR count). The molecule has 0 aliphatic heterocycles. The summed E-state index contributed by atoms with van der Waals surface area (Å²) in [5, 5.41) is 9.77. The molecule has 0 saturated carbocycles. The summed E-state index contributed by atoms with van der Waals surface area (Å²) in [6.45, 7) is 6.05. The summed E-state index contributed by atoms with van der Waals surface area (Å²) < 4.78 is 6.98. The van der Waals surface area contributed by atoms with Crippen molar-refractivity contribution in [2.75, 3.05) is 0 Å². The Balaban J connectivity index is 2.18. The second kappa shape index (κ2) is 6.42. The zero-order chi connectivity index (χ0) is 14.7. The first kappa shape index (κ1) is 15.1. The Morgan fingerprint density at radius 3 is 2.10 bits per heavy atom. The maximum atomic E-state index is 9.77. The number of hydrogen-bond acceptors (Lipinski definition) is 2. The van der Waals surface area contributed by atoms with Gasteiger partial charge in [0.15, 0.2) is 0 Å². The molecule has 0 spiro atoms. The van der Waals surface area contributed by atoms with Gasteiger partial charge in [-0.15, -0.1) is 0 Å². The van der Waals surface area contributed by atoms with Gasteiger partial charge >= 0.3 is 0 Å². The fourth-order valence-corrected chi connectivity index (χ4v) is 2.32. The maximum Gasteiger partial charge on any atom is 0.128 e. The first-order chi connectivity index (χ1) is 9.51. The van der Waals surface area contributed by atoms with E-state index < -0.39 is 6.10 Å². The zero-order valence-corrected chi connectivity index (χ0v) is 13.6. The average molecular weight is 335 g/mol. The molecule has 2 aromatic rings. The summed E-state index contributed by atoms with van der Waals surface area (Å²) in [5.74, 6) is 1.60. The largest absolute Gasteiger partial charge is 0.457 e. The number of halogens is 1. The van der Waals surface area contributed by atoms with Crippen LogP contribution < -0.4 is 4.74 Å². The summed E-state index contributed by atoms with van der Waals surface area (Å²) in [6.07, 6.45) is 0.312. The predicted octanol–water partition coefficient (Wildman–Crippen LogP) is 5.30. The van der Waals surface area contributed by atoms with Crippen molar-refractivity contribution in [3.05, 3.63) is 57.6 Å². The third-order valence-corrected chi connectivity index (χ3v) is 4.55. The van der Waals surface area contributed by atoms with Crippen LogP contribution in [0.2, 0.25) is 0 Å². The van der Waals surface area contributed by atoms with E-state index in [4.69, 9.17) is 4.74 Å². The van der Waals surface area contributed by atoms with Crippen LogP contribution >= 0.6 is 15.9 Å². The molecule has 1 atom stereocenters. The number of benzene rings is 2. The predicted molar refractivity (Wildman–Crippen MR) is 85.4 cm³/mol. The molecule has 0 bridgehead atoms. The molecule has 1 N–H and O–H groups in total. The molecule has 0 aliphatic carbocycles. The Morgan fingerprint density at radius 2 is 1.60 bits per heavy atom. The highest BCUT2D eigenvalue weighted by Crippen LogP contribution is 2.30. The molecule has 0 heterocycles. The van der Waals surface area contributed by atoms with E-state index in [-0.39, 0.29) is 0 Å². The molecule has 20 heavy (non-hydrogen) atoms. The van der Waals surface area contributed by atoms with E-state index in [9.17, 15) is 5.11 Å². The van der Waals surface area contributed by atoms with Crippen molar-refractivity contribution >= 4 is 15.9 Å². The number of hydrogen-bond donors (Lipinski definition) is 1. The second-order valence-corrected chi connectivity index (χ2v) is 5.76. The SMILES string of the molecule is CCC(O)c1ccc(Oc2cc(C)c(Br)c(C)c2)cc1. The van der Waals surface area contributed by atoms with Crippen LogP contribution in [-0.2, 0) is 0 Å². The van der Waals surface area contributed by atoms with Crippen molar-refractivity contribution in [1.29, 1.82) is 0 Å². The van der Waals surface area contributed by atoms with E-state index >= 15 is 0 Å². The van der Waals surface area contributed by atoms with Gasteiger partial charge in [-0.3, -0.25) is 0 Å². The Bertz CT molecular complexity index is 567. The summed E-state index contributed by atoms with van der Waals surface area (Å²) >= 11 is 3.55. The first-order valence-corrected chi connectivity index (χ1v) is 7.53. The van der Waals surface area contributed by atoms with Crippen LogP contribution in [-0.4, -0.2) is 5.11 Å². The summed E-state index contributed by atoms with van der Waals surface area (Å²) in [7, 11) is 0. The van der Waals surface area contributed by atoms with Crippen LogP contribution in [0.1, 0.15) is 36.1 Å². The average Bonchev–Trinajstić information content (AvgIpc) is 2.44. The molecular weight excluding hydrogens is 316 g/mol. The summed E-state index contributed by atoms with van der Waals surface area (Å²) in [4.78, 5) is 0. The lowest BCUT2D eigenvalue weighted by Crippen LogP contribution is -1.94. The molecule has 0 saturated heterocycles. The number of ether oxygens (including phenoxy) is 1. The van der Waals surface area contributed by atoms with Crippen LogP contribution in [0.15, 0.2) is 40.9 Å². The monoisotopic (exact) mass is 334 g/mol. The highest BCUT2D eigenvalue weighted by atomic mass is 79.9. The van der Waals surface area contributed by atoms with Gasteiger partial charge in [0.25, 0.3) is 0 Å². The molecule has 0 aliphatic rings. The van der Waals surface area contributed by atoms with Crippen molar-refractivity contribution in [2.45, 2.75) is 33.3 Å². The minimum atomic E-state index is -0.402. The van der Waals surface area contributed by atoms with Gasteiger partial charge in [-0.2, -0.15) is 0 Å². The first-order valence-electron chi connectivity index (χ1n) is 6.74. The van der Waals surface area contributed by atoms with E-state index in [1.807, 2.05) is 57.2 Å². The Labute approximate surface area is 128 Å². The van der Waals surface area contributed by atoms with Gasteiger partial charge in [0.05, 0.1) is 6.10 Å². The molecule has 2 aromatic carbocycles. The van der Waals surface area contributed by atoms with E-state index in [0.717, 1.165) is 32.7 Å². The van der Waals surface area contributed by atoms with Gasteiger partial charge in [-0.25, -0.2) is 0 Å². The minimum Gasteiger partial charge on any atom is -0.457 e. The van der Waals surface area contributed by atoms with Gasteiger partial charge in [0.1, 0.15) is 11.5 Å². The Morgan fingerprint density at radius 1 is 1.05 bits per heavy atom. The minimum absolute atomic E-state index is 0.402. The standard InChI is InChI=1S/C17H19BrO2/c1-4-16(19)13-5-7-14(8-6-13)20-15-9-11(2)17(18)12(3)10-15/h5-10,16,19H,4H2,1-3H3. The molecule has 106 valence electrons. The van der Waals surface area contributed by atoms with Crippen LogP contribution in [0.3, 0.4) is 0 Å². The topological polar surface area (TPSA) is 29.5 Å². The van der Waals surface area contributed by atoms with Crippen LogP contribution in [0.5, 0.6) is 11.5 Å². The van der Waals surface area contributed by atoms with Crippen LogP contribution in [0.4, 0.5) is 0 Å². The molecule has 0 radical (unpaired) electrons. The van der Waals surface area contributed by atoms with Gasteiger partial charge in [-0.1, -0.05) is 35.0 Å². The lowest BCUT2D eigenvalue weighted by molar-refractivity contribution is 0.173. The van der Waals surface area contributed by atoms with Crippen LogP contribution in [0.25, 0.3) is 0 Å². The smallest absolute Gasteiger partial charge is 0.128 e. The molecule has 0 amide bonds. The van der Waals surface area contributed by atoms with Gasteiger partial charge < -0.3 is 9.84 Å². The quantitative estimate of drug-likeness (QED) is 0.821. The maximum absolute atomic E-state index is 9.77. The summed E-state index contributed by atoms with van der Waals surface area (Å²) in [6, 6.07) is 11.6. The number of aliphatic hydroxyl groups excluding tert-OH is 1. The van der Waals surface area contributed by atoms with Gasteiger partial charge in [-0.05, 0) is 61.2 Å². The van der Waals surface area contributed by atoms with Crippen molar-refractivity contribution in [1.82, 2.24) is 0 Å².